The van der Waals surface area contributed by atoms with Gasteiger partial charge in [0.2, 0.25) is 0 Å². The van der Waals surface area contributed by atoms with Gasteiger partial charge >= 0.3 is 0 Å². The molecule has 0 radical (unpaired) electrons. The Hall–Kier alpha value is -0.120. The molecule has 2 aliphatic rings. The summed E-state index contributed by atoms with van der Waals surface area (Å²) in [7, 11) is 2.24. The van der Waals surface area contributed by atoms with E-state index in [-0.39, 0.29) is 0 Å². The summed E-state index contributed by atoms with van der Waals surface area (Å²) in [6, 6.07) is 0.760. The van der Waals surface area contributed by atoms with Gasteiger partial charge in [0, 0.05) is 19.1 Å². The van der Waals surface area contributed by atoms with Crippen LogP contribution >= 0.6 is 0 Å². The van der Waals surface area contributed by atoms with E-state index in [0.29, 0.717) is 0 Å². The zero-order valence-corrected chi connectivity index (χ0v) is 10.9. The van der Waals surface area contributed by atoms with Crippen LogP contribution in [-0.4, -0.2) is 62.2 Å². The second-order valence-corrected chi connectivity index (χ2v) is 5.55. The summed E-state index contributed by atoms with van der Waals surface area (Å²) < 4.78 is 0. The van der Waals surface area contributed by atoms with Crippen LogP contribution in [0.15, 0.2) is 0 Å². The predicted octanol–water partition coefficient (Wildman–Crippen LogP) is 1.01. The van der Waals surface area contributed by atoms with Gasteiger partial charge in [-0.1, -0.05) is 6.92 Å². The monoisotopic (exact) mass is 225 g/mol. The van der Waals surface area contributed by atoms with Gasteiger partial charge in [-0.2, -0.15) is 0 Å². The molecular weight excluding hydrogens is 198 g/mol. The fraction of sp³-hybridized carbons (Fsp3) is 1.00. The van der Waals surface area contributed by atoms with Crippen LogP contribution in [-0.2, 0) is 0 Å². The van der Waals surface area contributed by atoms with Gasteiger partial charge in [0.15, 0.2) is 0 Å². The minimum atomic E-state index is 0.760. The van der Waals surface area contributed by atoms with Crippen LogP contribution in [0.25, 0.3) is 0 Å². The topological polar surface area (TPSA) is 18.5 Å². The highest BCUT2D eigenvalue weighted by Crippen LogP contribution is 2.19. The fourth-order valence-corrected chi connectivity index (χ4v) is 3.06. The van der Waals surface area contributed by atoms with E-state index in [2.05, 4.69) is 29.1 Å². The molecule has 0 aromatic heterocycles. The molecule has 2 fully saturated rings. The van der Waals surface area contributed by atoms with Crippen molar-refractivity contribution < 1.29 is 0 Å². The Kier molecular flexibility index (Phi) is 4.62. The third kappa shape index (κ3) is 3.44. The van der Waals surface area contributed by atoms with E-state index in [1.165, 1.54) is 52.0 Å². The largest absolute Gasteiger partial charge is 0.313 e. The van der Waals surface area contributed by atoms with Crippen molar-refractivity contribution in [3.05, 3.63) is 0 Å². The Morgan fingerprint density at radius 1 is 1.12 bits per heavy atom. The third-order valence-electron chi connectivity index (χ3n) is 4.12. The highest BCUT2D eigenvalue weighted by molar-refractivity contribution is 4.83. The van der Waals surface area contributed by atoms with Gasteiger partial charge in [0.1, 0.15) is 0 Å². The van der Waals surface area contributed by atoms with Crippen molar-refractivity contribution >= 4 is 0 Å². The summed E-state index contributed by atoms with van der Waals surface area (Å²) in [4.78, 5) is 5.13. The maximum absolute atomic E-state index is 3.57. The van der Waals surface area contributed by atoms with E-state index in [4.69, 9.17) is 0 Å². The first-order valence-electron chi connectivity index (χ1n) is 6.92. The molecule has 0 saturated carbocycles. The number of likely N-dealkylation sites (N-methyl/N-ethyl adjacent to an activating group) is 1. The van der Waals surface area contributed by atoms with E-state index in [0.717, 1.165) is 18.5 Å². The van der Waals surface area contributed by atoms with Crippen LogP contribution in [0.3, 0.4) is 0 Å². The maximum Gasteiger partial charge on any atom is 0.0207 e. The van der Waals surface area contributed by atoms with Crippen molar-refractivity contribution in [2.75, 3.05) is 46.3 Å². The molecule has 2 rings (SSSR count). The highest BCUT2D eigenvalue weighted by atomic mass is 15.2. The van der Waals surface area contributed by atoms with Crippen LogP contribution in [0.5, 0.6) is 0 Å². The lowest BCUT2D eigenvalue weighted by Crippen LogP contribution is -2.38. The average Bonchev–Trinajstić information content (AvgIpc) is 2.70. The van der Waals surface area contributed by atoms with Crippen molar-refractivity contribution in [1.82, 2.24) is 15.1 Å². The van der Waals surface area contributed by atoms with Gasteiger partial charge in [0.25, 0.3) is 0 Å². The Bertz CT molecular complexity index is 199. The molecule has 94 valence electrons. The maximum atomic E-state index is 3.57. The molecule has 1 atom stereocenters. The van der Waals surface area contributed by atoms with E-state index >= 15 is 0 Å². The molecule has 0 aromatic carbocycles. The molecule has 2 heterocycles. The molecule has 3 heteroatoms. The highest BCUT2D eigenvalue weighted by Gasteiger charge is 2.25. The molecule has 0 spiro atoms. The fourth-order valence-electron chi connectivity index (χ4n) is 3.06. The third-order valence-corrected chi connectivity index (χ3v) is 4.12. The van der Waals surface area contributed by atoms with Crippen molar-refractivity contribution in [3.8, 4) is 0 Å². The Morgan fingerprint density at radius 2 is 1.88 bits per heavy atom. The van der Waals surface area contributed by atoms with Gasteiger partial charge < -0.3 is 15.1 Å². The van der Waals surface area contributed by atoms with E-state index < -0.39 is 0 Å². The molecule has 3 nitrogen and oxygen atoms in total. The number of rotatable bonds is 4. The Labute approximate surface area is 100 Å². The van der Waals surface area contributed by atoms with Crippen molar-refractivity contribution in [3.63, 3.8) is 0 Å². The Morgan fingerprint density at radius 3 is 2.56 bits per heavy atom. The summed E-state index contributed by atoms with van der Waals surface area (Å²) in [5.74, 6) is 0.955. The Balaban J connectivity index is 1.67. The van der Waals surface area contributed by atoms with E-state index in [1.54, 1.807) is 0 Å². The molecular formula is C13H27N3. The van der Waals surface area contributed by atoms with Gasteiger partial charge in [-0.25, -0.2) is 0 Å². The summed E-state index contributed by atoms with van der Waals surface area (Å²) in [6.45, 7) is 9.86. The van der Waals surface area contributed by atoms with Gasteiger partial charge in [-0.05, 0) is 58.4 Å². The molecule has 0 aliphatic carbocycles. The summed E-state index contributed by atoms with van der Waals surface area (Å²) in [5, 5.41) is 3.57. The van der Waals surface area contributed by atoms with Crippen LogP contribution in [0.4, 0.5) is 0 Å². The second-order valence-electron chi connectivity index (χ2n) is 5.55. The molecule has 0 aromatic rings. The minimum absolute atomic E-state index is 0.760. The first-order chi connectivity index (χ1) is 7.78. The van der Waals surface area contributed by atoms with Crippen molar-refractivity contribution in [2.24, 2.45) is 5.92 Å². The first kappa shape index (κ1) is 12.3. The molecule has 1 N–H and O–H groups in total. The van der Waals surface area contributed by atoms with Crippen molar-refractivity contribution in [1.29, 1.82) is 0 Å². The molecule has 2 aliphatic heterocycles. The van der Waals surface area contributed by atoms with Crippen molar-refractivity contribution in [2.45, 2.75) is 32.2 Å². The number of nitrogens with zero attached hydrogens (tertiary/aromatic N) is 2. The van der Waals surface area contributed by atoms with Gasteiger partial charge in [-0.3, -0.25) is 0 Å². The number of nitrogens with one attached hydrogen (secondary N) is 1. The number of likely N-dealkylation sites (tertiary alicyclic amines) is 2. The molecule has 16 heavy (non-hydrogen) atoms. The lowest BCUT2D eigenvalue weighted by Gasteiger charge is -2.31. The zero-order chi connectivity index (χ0) is 11.4. The minimum Gasteiger partial charge on any atom is -0.313 e. The lowest BCUT2D eigenvalue weighted by molar-refractivity contribution is 0.174. The second kappa shape index (κ2) is 5.99. The summed E-state index contributed by atoms with van der Waals surface area (Å²) in [6.07, 6.45) is 4.15. The summed E-state index contributed by atoms with van der Waals surface area (Å²) in [5.41, 5.74) is 0. The van der Waals surface area contributed by atoms with E-state index in [1.807, 2.05) is 0 Å². The first-order valence-corrected chi connectivity index (χ1v) is 6.92. The van der Waals surface area contributed by atoms with Gasteiger partial charge in [0.05, 0.1) is 0 Å². The predicted molar refractivity (Wildman–Crippen MR) is 68.7 cm³/mol. The molecule has 2 saturated heterocycles. The normalized spacial score (nSPS) is 30.0. The molecule has 0 amide bonds. The van der Waals surface area contributed by atoms with Gasteiger partial charge in [-0.15, -0.1) is 0 Å². The van der Waals surface area contributed by atoms with Crippen LogP contribution in [0.2, 0.25) is 0 Å². The molecule has 0 bridgehead atoms. The van der Waals surface area contributed by atoms with E-state index in [9.17, 15) is 0 Å². The summed E-state index contributed by atoms with van der Waals surface area (Å²) >= 11 is 0. The SMILES string of the molecule is CCNC1CCN(CC2CCN(C)CC2)C1. The zero-order valence-electron chi connectivity index (χ0n) is 10.9. The number of hydrogen-bond acceptors (Lipinski definition) is 3. The number of piperidine rings is 1. The van der Waals surface area contributed by atoms with Crippen LogP contribution < -0.4 is 5.32 Å². The van der Waals surface area contributed by atoms with Crippen LogP contribution in [0.1, 0.15) is 26.2 Å². The number of hydrogen-bond donors (Lipinski definition) is 1. The quantitative estimate of drug-likeness (QED) is 0.770. The lowest BCUT2D eigenvalue weighted by atomic mass is 9.97. The van der Waals surface area contributed by atoms with Crippen LogP contribution in [0, 0.1) is 5.92 Å². The molecule has 1 unspecified atom stereocenters. The smallest absolute Gasteiger partial charge is 0.0207 e. The average molecular weight is 225 g/mol. The standard InChI is InChI=1S/C13H27N3/c1-3-14-13-6-9-16(11-13)10-12-4-7-15(2)8-5-12/h12-14H,3-11H2,1-2H3.